The Hall–Kier alpha value is -1.88. The van der Waals surface area contributed by atoms with Crippen LogP contribution in [-0.4, -0.2) is 10.5 Å². The van der Waals surface area contributed by atoms with E-state index in [1.165, 1.54) is 10.6 Å². The maximum atomic E-state index is 12.0. The molecule has 0 atom stereocenters. The lowest BCUT2D eigenvalue weighted by Crippen LogP contribution is -2.20. The zero-order valence-corrected chi connectivity index (χ0v) is 12.2. The summed E-state index contributed by atoms with van der Waals surface area (Å²) >= 11 is 3.38. The van der Waals surface area contributed by atoms with Crippen LogP contribution in [0.15, 0.2) is 45.8 Å². The van der Waals surface area contributed by atoms with E-state index in [9.17, 15) is 9.59 Å². The molecule has 0 aliphatic heterocycles. The fourth-order valence-electron chi connectivity index (χ4n) is 1.70. The molecule has 98 valence electrons. The lowest BCUT2D eigenvalue weighted by Gasteiger charge is -2.07. The first-order valence-electron chi connectivity index (χ1n) is 5.71. The van der Waals surface area contributed by atoms with Crippen LogP contribution in [0.4, 0.5) is 5.69 Å². The van der Waals surface area contributed by atoms with Crippen molar-refractivity contribution in [2.75, 3.05) is 5.32 Å². The van der Waals surface area contributed by atoms with E-state index in [2.05, 4.69) is 21.2 Å². The van der Waals surface area contributed by atoms with Gasteiger partial charge >= 0.3 is 0 Å². The van der Waals surface area contributed by atoms with Crippen LogP contribution in [0.3, 0.4) is 0 Å². The second-order valence-corrected chi connectivity index (χ2v) is 5.25. The third-order valence-electron chi connectivity index (χ3n) is 2.67. The van der Waals surface area contributed by atoms with Crippen molar-refractivity contribution in [1.29, 1.82) is 0 Å². The largest absolute Gasteiger partial charge is 0.322 e. The molecule has 0 saturated heterocycles. The van der Waals surface area contributed by atoms with Crippen LogP contribution in [0, 0.1) is 6.92 Å². The normalized spacial score (nSPS) is 10.3. The molecule has 0 unspecified atom stereocenters. The van der Waals surface area contributed by atoms with Gasteiger partial charge in [0.15, 0.2) is 0 Å². The maximum absolute atomic E-state index is 12.0. The van der Waals surface area contributed by atoms with Crippen molar-refractivity contribution in [2.24, 2.45) is 7.05 Å². The van der Waals surface area contributed by atoms with Gasteiger partial charge in [-0.25, -0.2) is 0 Å². The number of aromatic nitrogens is 1. The van der Waals surface area contributed by atoms with E-state index in [0.29, 0.717) is 11.3 Å². The lowest BCUT2D eigenvalue weighted by atomic mass is 10.2. The highest BCUT2D eigenvalue weighted by Gasteiger charge is 2.07. The second-order valence-electron chi connectivity index (χ2n) is 4.34. The number of pyridine rings is 1. The van der Waals surface area contributed by atoms with E-state index < -0.39 is 0 Å². The predicted octanol–water partition coefficient (Wildman–Crippen LogP) is 2.71. The van der Waals surface area contributed by atoms with Crippen LogP contribution in [0.2, 0.25) is 0 Å². The Bertz CT molecular complexity index is 672. The van der Waals surface area contributed by atoms with Crippen molar-refractivity contribution in [1.82, 2.24) is 4.57 Å². The number of amides is 1. The van der Waals surface area contributed by atoms with Crippen LogP contribution >= 0.6 is 15.9 Å². The topological polar surface area (TPSA) is 51.1 Å². The van der Waals surface area contributed by atoms with Gasteiger partial charge in [-0.3, -0.25) is 9.59 Å². The summed E-state index contributed by atoms with van der Waals surface area (Å²) in [5.41, 5.74) is 1.87. The molecule has 0 fully saturated rings. The first-order valence-corrected chi connectivity index (χ1v) is 6.50. The van der Waals surface area contributed by atoms with Crippen molar-refractivity contribution < 1.29 is 4.79 Å². The Morgan fingerprint density at radius 1 is 1.26 bits per heavy atom. The first-order chi connectivity index (χ1) is 8.95. The Kier molecular flexibility index (Phi) is 3.85. The molecule has 0 aliphatic carbocycles. The third-order valence-corrected chi connectivity index (χ3v) is 3.12. The molecule has 2 rings (SSSR count). The number of halogens is 1. The summed E-state index contributed by atoms with van der Waals surface area (Å²) in [6.45, 7) is 1.94. The van der Waals surface area contributed by atoms with Crippen LogP contribution < -0.4 is 10.9 Å². The third kappa shape index (κ3) is 3.32. The summed E-state index contributed by atoms with van der Waals surface area (Å²) in [5, 5.41) is 2.77. The number of rotatable bonds is 2. The molecule has 1 aromatic carbocycles. The summed E-state index contributed by atoms with van der Waals surface area (Å²) in [6.07, 6.45) is 1.57. The summed E-state index contributed by atoms with van der Waals surface area (Å²) < 4.78 is 2.31. The molecular formula is C14H13BrN2O2. The van der Waals surface area contributed by atoms with Crippen LogP contribution in [-0.2, 0) is 7.05 Å². The highest BCUT2D eigenvalue weighted by molar-refractivity contribution is 9.10. The van der Waals surface area contributed by atoms with Crippen molar-refractivity contribution in [3.05, 3.63) is 62.5 Å². The monoisotopic (exact) mass is 320 g/mol. The molecule has 1 N–H and O–H groups in total. The average Bonchev–Trinajstić information content (AvgIpc) is 2.31. The smallest absolute Gasteiger partial charge is 0.255 e. The molecule has 5 heteroatoms. The van der Waals surface area contributed by atoms with Crippen molar-refractivity contribution >= 4 is 27.5 Å². The molecular weight excluding hydrogens is 308 g/mol. The minimum atomic E-state index is -0.296. The van der Waals surface area contributed by atoms with Gasteiger partial charge in [0.25, 0.3) is 11.5 Å². The number of nitrogens with zero attached hydrogens (tertiary/aromatic N) is 1. The highest BCUT2D eigenvalue weighted by Crippen LogP contribution is 2.19. The maximum Gasteiger partial charge on any atom is 0.255 e. The van der Waals surface area contributed by atoms with E-state index in [1.54, 1.807) is 19.3 Å². The van der Waals surface area contributed by atoms with E-state index in [4.69, 9.17) is 0 Å². The Morgan fingerprint density at radius 3 is 2.63 bits per heavy atom. The number of anilines is 1. The molecule has 0 spiro atoms. The van der Waals surface area contributed by atoms with Gasteiger partial charge in [0.1, 0.15) is 0 Å². The van der Waals surface area contributed by atoms with Gasteiger partial charge in [-0.05, 0) is 36.8 Å². The number of aryl methyl sites for hydroxylation is 2. The number of carbonyl (C=O) groups is 1. The lowest BCUT2D eigenvalue weighted by molar-refractivity contribution is 0.102. The number of carbonyl (C=O) groups excluding carboxylic acids is 1. The predicted molar refractivity (Wildman–Crippen MR) is 78.5 cm³/mol. The summed E-state index contributed by atoms with van der Waals surface area (Å²) in [7, 11) is 1.64. The SMILES string of the molecule is Cc1cc(Br)cc(NC(=O)c2ccn(C)c(=O)c2)c1. The van der Waals surface area contributed by atoms with Crippen molar-refractivity contribution in [3.8, 4) is 0 Å². The quantitative estimate of drug-likeness (QED) is 0.925. The van der Waals surface area contributed by atoms with Gasteiger partial charge < -0.3 is 9.88 Å². The summed E-state index contributed by atoms with van der Waals surface area (Å²) in [4.78, 5) is 23.5. The molecule has 0 aliphatic rings. The number of nitrogens with one attached hydrogen (secondary N) is 1. The Balaban J connectivity index is 2.25. The van der Waals surface area contributed by atoms with E-state index >= 15 is 0 Å². The fourth-order valence-corrected chi connectivity index (χ4v) is 2.31. The minimum Gasteiger partial charge on any atom is -0.322 e. The Labute approximate surface area is 119 Å². The van der Waals surface area contributed by atoms with Crippen LogP contribution in [0.1, 0.15) is 15.9 Å². The van der Waals surface area contributed by atoms with E-state index in [-0.39, 0.29) is 11.5 Å². The van der Waals surface area contributed by atoms with Gasteiger partial charge in [-0.2, -0.15) is 0 Å². The summed E-state index contributed by atoms with van der Waals surface area (Å²) in [6, 6.07) is 8.56. The van der Waals surface area contributed by atoms with E-state index in [1.807, 2.05) is 25.1 Å². The van der Waals surface area contributed by atoms with Crippen LogP contribution in [0.5, 0.6) is 0 Å². The van der Waals surface area contributed by atoms with Gasteiger partial charge in [-0.1, -0.05) is 15.9 Å². The highest BCUT2D eigenvalue weighted by atomic mass is 79.9. The van der Waals surface area contributed by atoms with E-state index in [0.717, 1.165) is 10.0 Å². The molecule has 1 aromatic heterocycles. The van der Waals surface area contributed by atoms with Crippen LogP contribution in [0.25, 0.3) is 0 Å². The summed E-state index contributed by atoms with van der Waals surface area (Å²) in [5.74, 6) is -0.296. The molecule has 0 saturated carbocycles. The van der Waals surface area contributed by atoms with Gasteiger partial charge in [0, 0.05) is 35.0 Å². The molecule has 19 heavy (non-hydrogen) atoms. The first kappa shape index (κ1) is 13.5. The Morgan fingerprint density at radius 2 is 2.00 bits per heavy atom. The van der Waals surface area contributed by atoms with Gasteiger partial charge in [0.2, 0.25) is 0 Å². The standard InChI is InChI=1S/C14H13BrN2O2/c1-9-5-11(15)8-12(6-9)16-14(19)10-3-4-17(2)13(18)7-10/h3-8H,1-2H3,(H,16,19). The molecule has 1 heterocycles. The average molecular weight is 321 g/mol. The molecule has 4 nitrogen and oxygen atoms in total. The molecule has 1 amide bonds. The van der Waals surface area contributed by atoms with Gasteiger partial charge in [0.05, 0.1) is 0 Å². The van der Waals surface area contributed by atoms with Gasteiger partial charge in [-0.15, -0.1) is 0 Å². The fraction of sp³-hybridized carbons (Fsp3) is 0.143. The zero-order chi connectivity index (χ0) is 14.0. The molecule has 2 aromatic rings. The van der Waals surface area contributed by atoms with Crippen molar-refractivity contribution in [3.63, 3.8) is 0 Å². The number of benzene rings is 1. The number of hydrogen-bond donors (Lipinski definition) is 1. The minimum absolute atomic E-state index is 0.210. The second kappa shape index (κ2) is 5.40. The number of hydrogen-bond acceptors (Lipinski definition) is 2. The van der Waals surface area contributed by atoms with Crippen molar-refractivity contribution in [2.45, 2.75) is 6.92 Å². The molecule has 0 bridgehead atoms. The zero-order valence-electron chi connectivity index (χ0n) is 10.6. The molecule has 0 radical (unpaired) electrons.